The highest BCUT2D eigenvalue weighted by Gasteiger charge is 2.25. The monoisotopic (exact) mass is 509 g/mol. The maximum absolute atomic E-state index is 13.3. The SMILES string of the molecule is O=C(CSc1nc2c(c(=O)n1-c1ccc([N+](=O)[O-])cc1)SCC2)N1CCN(c2ccccc2)CC1. The molecule has 3 aromatic rings. The van der Waals surface area contributed by atoms with E-state index in [1.165, 1.54) is 40.2 Å². The number of para-hydroxylation sites is 1. The van der Waals surface area contributed by atoms with Crippen LogP contribution in [0.2, 0.25) is 0 Å². The van der Waals surface area contributed by atoms with Gasteiger partial charge in [0.1, 0.15) is 0 Å². The van der Waals surface area contributed by atoms with Crippen LogP contribution in [0.5, 0.6) is 0 Å². The first kappa shape index (κ1) is 23.4. The molecule has 0 bridgehead atoms. The topological polar surface area (TPSA) is 102 Å². The summed E-state index contributed by atoms with van der Waals surface area (Å²) in [7, 11) is 0. The molecule has 1 aromatic heterocycles. The van der Waals surface area contributed by atoms with Crippen molar-refractivity contribution in [2.45, 2.75) is 16.5 Å². The van der Waals surface area contributed by atoms with Crippen LogP contribution >= 0.6 is 23.5 Å². The van der Waals surface area contributed by atoms with Gasteiger partial charge in [-0.15, -0.1) is 11.8 Å². The molecule has 0 unspecified atom stereocenters. The van der Waals surface area contributed by atoms with E-state index < -0.39 is 4.92 Å². The van der Waals surface area contributed by atoms with Crippen molar-refractivity contribution in [1.82, 2.24) is 14.5 Å². The Bertz CT molecular complexity index is 1310. The fraction of sp³-hybridized carbons (Fsp3) is 0.292. The number of carbonyl (C=O) groups excluding carboxylic acids is 1. The number of nitro benzene ring substituents is 1. The third-order valence-corrected chi connectivity index (χ3v) is 8.09. The maximum Gasteiger partial charge on any atom is 0.272 e. The van der Waals surface area contributed by atoms with E-state index >= 15 is 0 Å². The molecule has 1 saturated heterocycles. The quantitative estimate of drug-likeness (QED) is 0.216. The van der Waals surface area contributed by atoms with Gasteiger partial charge in [0, 0.05) is 56.2 Å². The molecule has 0 N–H and O–H groups in total. The van der Waals surface area contributed by atoms with Crippen molar-refractivity contribution in [2.24, 2.45) is 0 Å². The highest BCUT2D eigenvalue weighted by Crippen LogP contribution is 2.30. The van der Waals surface area contributed by atoms with Gasteiger partial charge in [-0.2, -0.15) is 0 Å². The minimum absolute atomic E-state index is 0.00193. The number of amides is 1. The summed E-state index contributed by atoms with van der Waals surface area (Å²) in [5.74, 6) is 0.954. The van der Waals surface area contributed by atoms with Crippen LogP contribution in [0, 0.1) is 10.1 Å². The number of aryl methyl sites for hydroxylation is 1. The van der Waals surface area contributed by atoms with E-state index in [9.17, 15) is 19.7 Å². The standard InChI is InChI=1S/C24H23N5O4S2/c30-21(27-13-11-26(12-14-27)17-4-2-1-3-5-17)16-35-24-25-20-10-15-34-22(20)23(31)28(24)18-6-8-19(9-7-18)29(32)33/h1-9H,10-16H2. The third-order valence-electron chi connectivity index (χ3n) is 6.06. The number of aromatic nitrogens is 2. The second-order valence-electron chi connectivity index (χ2n) is 8.17. The van der Waals surface area contributed by atoms with Crippen molar-refractivity contribution in [3.8, 4) is 5.69 Å². The smallest absolute Gasteiger partial charge is 0.272 e. The lowest BCUT2D eigenvalue weighted by atomic mass is 10.2. The number of nitrogens with zero attached hydrogens (tertiary/aromatic N) is 5. The Hall–Kier alpha value is -3.31. The van der Waals surface area contributed by atoms with Crippen LogP contribution in [0.15, 0.2) is 69.4 Å². The lowest BCUT2D eigenvalue weighted by Gasteiger charge is -2.36. The van der Waals surface area contributed by atoms with Crippen LogP contribution in [0.1, 0.15) is 5.69 Å². The first-order valence-corrected chi connectivity index (χ1v) is 13.2. The number of non-ortho nitro benzene ring substituents is 1. The van der Waals surface area contributed by atoms with Gasteiger partial charge in [-0.05, 0) is 24.3 Å². The summed E-state index contributed by atoms with van der Waals surface area (Å²) in [6, 6.07) is 16.0. The summed E-state index contributed by atoms with van der Waals surface area (Å²) in [5.41, 5.74) is 2.16. The molecule has 0 atom stereocenters. The van der Waals surface area contributed by atoms with E-state index in [-0.39, 0.29) is 22.9 Å². The van der Waals surface area contributed by atoms with Gasteiger partial charge in [-0.25, -0.2) is 4.98 Å². The van der Waals surface area contributed by atoms with E-state index in [2.05, 4.69) is 17.0 Å². The molecule has 5 rings (SSSR count). The van der Waals surface area contributed by atoms with E-state index in [1.54, 1.807) is 12.1 Å². The Morgan fingerprint density at radius 3 is 2.43 bits per heavy atom. The number of fused-ring (bicyclic) bond motifs is 1. The minimum atomic E-state index is -0.477. The number of carbonyl (C=O) groups is 1. The Balaban J connectivity index is 1.32. The zero-order valence-corrected chi connectivity index (χ0v) is 20.5. The molecule has 0 spiro atoms. The molecule has 11 heteroatoms. The third kappa shape index (κ3) is 4.92. The average molecular weight is 510 g/mol. The zero-order valence-electron chi connectivity index (χ0n) is 18.8. The second kappa shape index (κ2) is 10.1. The van der Waals surface area contributed by atoms with E-state index in [0.29, 0.717) is 35.2 Å². The van der Waals surface area contributed by atoms with Gasteiger partial charge in [0.2, 0.25) is 5.91 Å². The molecular formula is C24H23N5O4S2. The average Bonchev–Trinajstić information content (AvgIpc) is 3.37. The first-order valence-electron chi connectivity index (χ1n) is 11.3. The van der Waals surface area contributed by atoms with Crippen LogP contribution in [0.4, 0.5) is 11.4 Å². The number of nitro groups is 1. The van der Waals surface area contributed by atoms with Gasteiger partial charge in [0.25, 0.3) is 11.2 Å². The van der Waals surface area contributed by atoms with Crippen LogP contribution in [0.25, 0.3) is 5.69 Å². The summed E-state index contributed by atoms with van der Waals surface area (Å²) in [6.07, 6.45) is 0.708. The predicted octanol–water partition coefficient (Wildman–Crippen LogP) is 3.23. The summed E-state index contributed by atoms with van der Waals surface area (Å²) < 4.78 is 1.46. The van der Waals surface area contributed by atoms with Crippen LogP contribution in [0.3, 0.4) is 0 Å². The Kier molecular flexibility index (Phi) is 6.78. The first-order chi connectivity index (χ1) is 17.0. The number of rotatable bonds is 6. The van der Waals surface area contributed by atoms with E-state index in [4.69, 9.17) is 4.98 Å². The molecule has 9 nitrogen and oxygen atoms in total. The largest absolute Gasteiger partial charge is 0.368 e. The van der Waals surface area contributed by atoms with Crippen molar-refractivity contribution in [2.75, 3.05) is 42.6 Å². The van der Waals surface area contributed by atoms with E-state index in [0.717, 1.165) is 30.2 Å². The fourth-order valence-electron chi connectivity index (χ4n) is 4.21. The second-order valence-corrected chi connectivity index (χ2v) is 10.2. The van der Waals surface area contributed by atoms with Gasteiger partial charge >= 0.3 is 0 Å². The molecule has 2 aromatic carbocycles. The molecule has 0 radical (unpaired) electrons. The van der Waals surface area contributed by atoms with Crippen LogP contribution < -0.4 is 10.5 Å². The Morgan fingerprint density at radius 2 is 1.74 bits per heavy atom. The molecule has 0 saturated carbocycles. The molecule has 1 fully saturated rings. The molecular weight excluding hydrogens is 486 g/mol. The number of thioether (sulfide) groups is 2. The molecule has 3 heterocycles. The summed E-state index contributed by atoms with van der Waals surface area (Å²) in [5, 5.41) is 11.5. The van der Waals surface area contributed by atoms with Gasteiger partial charge < -0.3 is 9.80 Å². The lowest BCUT2D eigenvalue weighted by Crippen LogP contribution is -2.49. The van der Waals surface area contributed by atoms with E-state index in [1.807, 2.05) is 23.1 Å². The van der Waals surface area contributed by atoms with Gasteiger partial charge in [0.15, 0.2) is 5.16 Å². The van der Waals surface area contributed by atoms with Crippen molar-refractivity contribution >= 4 is 40.8 Å². The van der Waals surface area contributed by atoms with Crippen molar-refractivity contribution in [3.05, 3.63) is 80.8 Å². The number of hydrogen-bond acceptors (Lipinski definition) is 8. The van der Waals surface area contributed by atoms with Crippen LogP contribution in [-0.2, 0) is 11.2 Å². The highest BCUT2D eigenvalue weighted by atomic mass is 32.2. The normalized spacial score (nSPS) is 15.2. The Labute approximate surface area is 210 Å². The number of piperazine rings is 1. The highest BCUT2D eigenvalue weighted by molar-refractivity contribution is 8.00. The molecule has 2 aliphatic heterocycles. The number of benzene rings is 2. The summed E-state index contributed by atoms with van der Waals surface area (Å²) >= 11 is 2.71. The minimum Gasteiger partial charge on any atom is -0.368 e. The number of hydrogen-bond donors (Lipinski definition) is 0. The molecule has 35 heavy (non-hydrogen) atoms. The Morgan fingerprint density at radius 1 is 1.03 bits per heavy atom. The van der Waals surface area contributed by atoms with Crippen molar-refractivity contribution < 1.29 is 9.72 Å². The molecule has 1 amide bonds. The fourth-order valence-corrected chi connectivity index (χ4v) is 6.17. The lowest BCUT2D eigenvalue weighted by molar-refractivity contribution is -0.384. The number of anilines is 1. The summed E-state index contributed by atoms with van der Waals surface area (Å²) in [6.45, 7) is 2.81. The molecule has 0 aliphatic carbocycles. The molecule has 180 valence electrons. The maximum atomic E-state index is 13.3. The van der Waals surface area contributed by atoms with Gasteiger partial charge in [-0.3, -0.25) is 24.3 Å². The summed E-state index contributed by atoms with van der Waals surface area (Å²) in [4.78, 5) is 46.3. The zero-order chi connectivity index (χ0) is 24.4. The van der Waals surface area contributed by atoms with Gasteiger partial charge in [-0.1, -0.05) is 30.0 Å². The van der Waals surface area contributed by atoms with Gasteiger partial charge in [0.05, 0.1) is 27.0 Å². The van der Waals surface area contributed by atoms with Crippen molar-refractivity contribution in [3.63, 3.8) is 0 Å². The molecule has 2 aliphatic rings. The predicted molar refractivity (Wildman–Crippen MR) is 137 cm³/mol. The van der Waals surface area contributed by atoms with Crippen LogP contribution in [-0.4, -0.2) is 63.0 Å². The van der Waals surface area contributed by atoms with Crippen molar-refractivity contribution in [1.29, 1.82) is 0 Å².